The molecule has 78 heavy (non-hydrogen) atoms. The molecule has 0 aliphatic rings. The van der Waals surface area contributed by atoms with Crippen LogP contribution in [0.3, 0.4) is 0 Å². The Bertz CT molecular complexity index is 1300. The van der Waals surface area contributed by atoms with Gasteiger partial charge in [-0.05, 0) is 70.6 Å². The summed E-state index contributed by atoms with van der Waals surface area (Å²) in [5, 5.41) is 0. The highest BCUT2D eigenvalue weighted by atomic mass is 16.6. The lowest BCUT2D eigenvalue weighted by molar-refractivity contribution is -0.167. The van der Waals surface area contributed by atoms with Crippen molar-refractivity contribution < 1.29 is 28.6 Å². The lowest BCUT2D eigenvalue weighted by Crippen LogP contribution is -2.30. The van der Waals surface area contributed by atoms with Gasteiger partial charge >= 0.3 is 17.9 Å². The van der Waals surface area contributed by atoms with Gasteiger partial charge in [0.25, 0.3) is 0 Å². The number of hydrogen-bond donors (Lipinski definition) is 0. The summed E-state index contributed by atoms with van der Waals surface area (Å²) in [7, 11) is 0. The second-order valence-electron chi connectivity index (χ2n) is 23.8. The SMILES string of the molecule is CCC/C=C\CCCCCCCC(=O)OCC(COC(=O)CCCCCCCCCCCCCCC/C=C\C/C=C\CCCCCCC)OC(=O)CCCCCCCCCCCCCCCCCCCCCCCCCCC. The number of hydrogen-bond acceptors (Lipinski definition) is 6. The van der Waals surface area contributed by atoms with Gasteiger partial charge in [-0.2, -0.15) is 0 Å². The third-order valence-corrected chi connectivity index (χ3v) is 15.8. The Morgan fingerprint density at radius 3 is 0.769 bits per heavy atom. The summed E-state index contributed by atoms with van der Waals surface area (Å²) < 4.78 is 16.9. The first kappa shape index (κ1) is 75.6. The Morgan fingerprint density at radius 2 is 0.487 bits per heavy atom. The Labute approximate surface area is 486 Å². The van der Waals surface area contributed by atoms with E-state index >= 15 is 0 Å². The fourth-order valence-electron chi connectivity index (χ4n) is 10.6. The van der Waals surface area contributed by atoms with E-state index < -0.39 is 6.10 Å². The quantitative estimate of drug-likeness (QED) is 0.0261. The van der Waals surface area contributed by atoms with Gasteiger partial charge in [0.2, 0.25) is 0 Å². The monoisotopic (exact) mass is 1100 g/mol. The zero-order valence-corrected chi connectivity index (χ0v) is 52.7. The van der Waals surface area contributed by atoms with Gasteiger partial charge in [-0.15, -0.1) is 0 Å². The Morgan fingerprint density at radius 1 is 0.256 bits per heavy atom. The molecule has 0 aromatic carbocycles. The fourth-order valence-corrected chi connectivity index (χ4v) is 10.6. The van der Waals surface area contributed by atoms with Crippen LogP contribution in [0.1, 0.15) is 387 Å². The van der Waals surface area contributed by atoms with Crippen LogP contribution < -0.4 is 0 Å². The van der Waals surface area contributed by atoms with Crippen LogP contribution in [0, 0.1) is 0 Å². The molecule has 0 saturated heterocycles. The topological polar surface area (TPSA) is 78.9 Å². The highest BCUT2D eigenvalue weighted by molar-refractivity contribution is 5.71. The minimum absolute atomic E-state index is 0.0706. The van der Waals surface area contributed by atoms with E-state index in [1.165, 1.54) is 270 Å². The van der Waals surface area contributed by atoms with Crippen molar-refractivity contribution in [2.75, 3.05) is 13.2 Å². The van der Waals surface area contributed by atoms with E-state index in [1.54, 1.807) is 0 Å². The average Bonchev–Trinajstić information content (AvgIpc) is 3.44. The summed E-state index contributed by atoms with van der Waals surface area (Å²) in [5.74, 6) is -0.856. The highest BCUT2D eigenvalue weighted by Gasteiger charge is 2.19. The molecular weight excluding hydrogens is 961 g/mol. The minimum Gasteiger partial charge on any atom is -0.462 e. The lowest BCUT2D eigenvalue weighted by atomic mass is 10.0. The van der Waals surface area contributed by atoms with Gasteiger partial charge in [-0.25, -0.2) is 0 Å². The maximum Gasteiger partial charge on any atom is 0.306 e. The number of carbonyl (C=O) groups excluding carboxylic acids is 3. The van der Waals surface area contributed by atoms with Gasteiger partial charge in [0, 0.05) is 19.3 Å². The molecule has 1 unspecified atom stereocenters. The molecule has 1 atom stereocenters. The number of esters is 3. The van der Waals surface area contributed by atoms with Crippen molar-refractivity contribution in [2.45, 2.75) is 393 Å². The van der Waals surface area contributed by atoms with E-state index in [2.05, 4.69) is 57.2 Å². The van der Waals surface area contributed by atoms with Crippen molar-refractivity contribution in [3.8, 4) is 0 Å². The molecule has 0 bridgehead atoms. The van der Waals surface area contributed by atoms with Crippen molar-refractivity contribution in [3.63, 3.8) is 0 Å². The van der Waals surface area contributed by atoms with Crippen LogP contribution in [0.15, 0.2) is 36.5 Å². The van der Waals surface area contributed by atoms with Crippen LogP contribution >= 0.6 is 0 Å². The summed E-state index contributed by atoms with van der Waals surface area (Å²) in [6, 6.07) is 0. The minimum atomic E-state index is -0.773. The molecule has 0 saturated carbocycles. The first-order valence-electron chi connectivity index (χ1n) is 35.0. The molecule has 0 N–H and O–H groups in total. The predicted molar refractivity (Wildman–Crippen MR) is 339 cm³/mol. The molecule has 0 fully saturated rings. The lowest BCUT2D eigenvalue weighted by Gasteiger charge is -2.18. The van der Waals surface area contributed by atoms with Gasteiger partial charge in [-0.1, -0.05) is 333 Å². The molecule has 6 heteroatoms. The predicted octanol–water partition coefficient (Wildman–Crippen LogP) is 23.9. The summed E-state index contributed by atoms with van der Waals surface area (Å²) in [6.07, 6.45) is 83.3. The molecule has 0 aliphatic carbocycles. The number of carbonyl (C=O) groups is 3. The van der Waals surface area contributed by atoms with Crippen molar-refractivity contribution in [3.05, 3.63) is 36.5 Å². The second kappa shape index (κ2) is 67.1. The summed E-state index contributed by atoms with van der Waals surface area (Å²) in [4.78, 5) is 38.3. The van der Waals surface area contributed by atoms with Crippen LogP contribution in [-0.2, 0) is 28.6 Å². The number of allylic oxidation sites excluding steroid dienone is 6. The van der Waals surface area contributed by atoms with Crippen LogP contribution in [0.25, 0.3) is 0 Å². The molecule has 0 rings (SSSR count). The second-order valence-corrected chi connectivity index (χ2v) is 23.8. The van der Waals surface area contributed by atoms with E-state index in [1.807, 2.05) is 0 Å². The Hall–Kier alpha value is -2.37. The van der Waals surface area contributed by atoms with Crippen molar-refractivity contribution in [1.82, 2.24) is 0 Å². The van der Waals surface area contributed by atoms with E-state index in [9.17, 15) is 14.4 Å². The van der Waals surface area contributed by atoms with Crippen molar-refractivity contribution >= 4 is 17.9 Å². The van der Waals surface area contributed by atoms with E-state index in [-0.39, 0.29) is 31.1 Å². The van der Waals surface area contributed by atoms with Gasteiger partial charge in [0.15, 0.2) is 6.10 Å². The molecule has 0 heterocycles. The maximum absolute atomic E-state index is 12.9. The molecule has 0 aromatic heterocycles. The first-order valence-corrected chi connectivity index (χ1v) is 35.0. The molecule has 0 amide bonds. The number of unbranched alkanes of at least 4 members (excludes halogenated alkanes) is 48. The third kappa shape index (κ3) is 64.5. The first-order chi connectivity index (χ1) is 38.5. The summed E-state index contributed by atoms with van der Waals surface area (Å²) in [5.41, 5.74) is 0. The third-order valence-electron chi connectivity index (χ3n) is 15.8. The number of rotatable bonds is 65. The summed E-state index contributed by atoms with van der Waals surface area (Å²) in [6.45, 7) is 6.63. The van der Waals surface area contributed by atoms with Crippen molar-refractivity contribution in [2.24, 2.45) is 0 Å². The zero-order valence-electron chi connectivity index (χ0n) is 52.7. The molecule has 458 valence electrons. The largest absolute Gasteiger partial charge is 0.462 e. The standard InChI is InChI=1S/C72H134O6/c1-4-7-10-13-16-19-22-24-26-28-30-32-34-36-38-40-42-44-46-48-50-53-56-59-62-65-71(74)77-68-69(67-76-70(73)64-61-58-55-52-21-18-15-12-9-6-3)78-72(75)66-63-60-57-54-51-49-47-45-43-41-39-37-35-33-31-29-27-25-23-20-17-14-11-8-5-2/h12,15,22,24,28,30,69H,4-11,13-14,16-21,23,25-27,29,31-68H2,1-3H3/b15-12-,24-22-,30-28-. The van der Waals surface area contributed by atoms with E-state index in [4.69, 9.17) is 14.2 Å². The Balaban J connectivity index is 4.15. The van der Waals surface area contributed by atoms with Crippen LogP contribution in [-0.4, -0.2) is 37.2 Å². The average molecular weight is 1100 g/mol. The zero-order chi connectivity index (χ0) is 56.4. The van der Waals surface area contributed by atoms with E-state index in [0.29, 0.717) is 19.3 Å². The fraction of sp³-hybridized carbons (Fsp3) is 0.875. The van der Waals surface area contributed by atoms with Crippen LogP contribution in [0.4, 0.5) is 0 Å². The highest BCUT2D eigenvalue weighted by Crippen LogP contribution is 2.19. The summed E-state index contributed by atoms with van der Waals surface area (Å²) >= 11 is 0. The normalized spacial score (nSPS) is 12.2. The number of ether oxygens (including phenoxy) is 3. The van der Waals surface area contributed by atoms with Gasteiger partial charge in [0.1, 0.15) is 13.2 Å². The molecule has 0 aliphatic heterocycles. The van der Waals surface area contributed by atoms with Crippen molar-refractivity contribution in [1.29, 1.82) is 0 Å². The molecular formula is C72H134O6. The maximum atomic E-state index is 12.9. The molecule has 0 spiro atoms. The Kier molecular flexibility index (Phi) is 65.1. The van der Waals surface area contributed by atoms with Crippen LogP contribution in [0.2, 0.25) is 0 Å². The van der Waals surface area contributed by atoms with Gasteiger partial charge in [0.05, 0.1) is 0 Å². The molecule has 0 aromatic rings. The molecule has 6 nitrogen and oxygen atoms in total. The smallest absolute Gasteiger partial charge is 0.306 e. The van der Waals surface area contributed by atoms with Crippen LogP contribution in [0.5, 0.6) is 0 Å². The van der Waals surface area contributed by atoms with Gasteiger partial charge in [-0.3, -0.25) is 14.4 Å². The van der Waals surface area contributed by atoms with E-state index in [0.717, 1.165) is 77.0 Å². The molecule has 0 radical (unpaired) electrons. The van der Waals surface area contributed by atoms with Gasteiger partial charge < -0.3 is 14.2 Å².